The van der Waals surface area contributed by atoms with Crippen molar-refractivity contribution < 1.29 is 14.1 Å². The Morgan fingerprint density at radius 3 is 2.22 bits per heavy atom. The summed E-state index contributed by atoms with van der Waals surface area (Å²) in [5.41, 5.74) is 2.64. The van der Waals surface area contributed by atoms with Gasteiger partial charge in [-0.2, -0.15) is 0 Å². The van der Waals surface area contributed by atoms with Crippen molar-refractivity contribution in [2.45, 2.75) is 84.2 Å². The second kappa shape index (κ2) is 13.7. The zero-order chi connectivity index (χ0) is 23.2. The molecule has 174 valence electrons. The molecule has 1 aromatic carbocycles. The molecule has 1 N–H and O–H groups in total. The molecule has 0 saturated carbocycles. The fraction of sp³-hybridized carbons (Fsp3) is 0.500. The van der Waals surface area contributed by atoms with E-state index in [2.05, 4.69) is 53.1 Å². The summed E-state index contributed by atoms with van der Waals surface area (Å²) in [5, 5.41) is 2.99. The van der Waals surface area contributed by atoms with Crippen LogP contribution in [0, 0.1) is 0 Å². The molecule has 1 heterocycles. The van der Waals surface area contributed by atoms with Crippen LogP contribution in [0.1, 0.15) is 83.3 Å². The average molecular weight is 438 g/mol. The first-order valence-electron chi connectivity index (χ1n) is 12.0. The minimum atomic E-state index is -0.498. The number of nitrogens with one attached hydrogen (secondary N) is 1. The van der Waals surface area contributed by atoms with E-state index >= 15 is 0 Å². The SMILES string of the molecule is C=C(C)c1cccc(C(C)(C)NC(=O)OCCCCCCCCCC[n+]2ccccc2)c1. The molecule has 32 heavy (non-hydrogen) atoms. The molecule has 0 atom stereocenters. The second-order valence-corrected chi connectivity index (χ2v) is 9.19. The summed E-state index contributed by atoms with van der Waals surface area (Å²) in [7, 11) is 0. The van der Waals surface area contributed by atoms with Gasteiger partial charge >= 0.3 is 6.09 Å². The summed E-state index contributed by atoms with van der Waals surface area (Å²) in [6.45, 7) is 11.5. The highest BCUT2D eigenvalue weighted by Crippen LogP contribution is 2.23. The Kier molecular flexibility index (Phi) is 11.0. The van der Waals surface area contributed by atoms with Crippen LogP contribution in [0.5, 0.6) is 0 Å². The van der Waals surface area contributed by atoms with Gasteiger partial charge in [0.2, 0.25) is 0 Å². The molecule has 2 rings (SSSR count). The Morgan fingerprint density at radius 2 is 1.56 bits per heavy atom. The minimum Gasteiger partial charge on any atom is -0.450 e. The van der Waals surface area contributed by atoms with Gasteiger partial charge in [0.15, 0.2) is 12.4 Å². The van der Waals surface area contributed by atoms with E-state index < -0.39 is 5.54 Å². The third-order valence-corrected chi connectivity index (χ3v) is 5.81. The van der Waals surface area contributed by atoms with E-state index in [1.165, 1.54) is 38.5 Å². The van der Waals surface area contributed by atoms with Gasteiger partial charge in [0.1, 0.15) is 6.54 Å². The topological polar surface area (TPSA) is 42.2 Å². The maximum Gasteiger partial charge on any atom is 0.407 e. The van der Waals surface area contributed by atoms with E-state index in [1.54, 1.807) is 0 Å². The average Bonchev–Trinajstić information content (AvgIpc) is 2.78. The number of allylic oxidation sites excluding steroid dienone is 1. The quantitative estimate of drug-likeness (QED) is 0.261. The molecule has 0 unspecified atom stereocenters. The largest absolute Gasteiger partial charge is 0.450 e. The van der Waals surface area contributed by atoms with Crippen LogP contribution in [0.25, 0.3) is 5.57 Å². The number of carbonyl (C=O) groups excluding carboxylic acids is 1. The summed E-state index contributed by atoms with van der Waals surface area (Å²) in [4.78, 5) is 12.2. The Morgan fingerprint density at radius 1 is 0.938 bits per heavy atom. The number of benzene rings is 1. The maximum absolute atomic E-state index is 12.2. The van der Waals surface area contributed by atoms with Crippen molar-refractivity contribution in [2.24, 2.45) is 0 Å². The van der Waals surface area contributed by atoms with Crippen LogP contribution in [-0.2, 0) is 16.8 Å². The first kappa shape index (κ1) is 25.6. The number of amides is 1. The number of carbonyl (C=O) groups is 1. The molecular formula is C28H41N2O2+. The first-order chi connectivity index (χ1) is 15.4. The molecule has 4 nitrogen and oxygen atoms in total. The zero-order valence-electron chi connectivity index (χ0n) is 20.2. The standard InChI is InChI=1S/C28H40N2O2/c1-24(2)25-17-16-18-26(23-25)28(3,4)29-27(31)32-22-15-10-8-6-5-7-9-12-19-30-20-13-11-14-21-30/h11,13-14,16-18,20-21,23H,1,5-10,12,15,19,22H2,2-4H3/p+1. The lowest BCUT2D eigenvalue weighted by Crippen LogP contribution is -2.41. The van der Waals surface area contributed by atoms with Crippen LogP contribution in [0.4, 0.5) is 4.79 Å². The highest BCUT2D eigenvalue weighted by atomic mass is 16.5. The van der Waals surface area contributed by atoms with Crippen LogP contribution in [0.3, 0.4) is 0 Å². The van der Waals surface area contributed by atoms with Crippen molar-refractivity contribution >= 4 is 11.7 Å². The summed E-state index contributed by atoms with van der Waals surface area (Å²) in [5.74, 6) is 0. The fourth-order valence-electron chi connectivity index (χ4n) is 3.74. The lowest BCUT2D eigenvalue weighted by atomic mass is 9.92. The number of nitrogens with zero attached hydrogens (tertiary/aromatic N) is 1. The van der Waals surface area contributed by atoms with Gasteiger partial charge in [-0.1, -0.05) is 68.5 Å². The molecule has 0 aliphatic carbocycles. The van der Waals surface area contributed by atoms with Crippen LogP contribution in [0.2, 0.25) is 0 Å². The van der Waals surface area contributed by atoms with Gasteiger partial charge in [0.05, 0.1) is 12.1 Å². The molecule has 0 aliphatic rings. The summed E-state index contributed by atoms with van der Waals surface area (Å²) < 4.78 is 7.66. The smallest absolute Gasteiger partial charge is 0.407 e. The minimum absolute atomic E-state index is 0.355. The Hall–Kier alpha value is -2.62. The van der Waals surface area contributed by atoms with Gasteiger partial charge < -0.3 is 10.1 Å². The lowest BCUT2D eigenvalue weighted by Gasteiger charge is -2.27. The molecule has 1 amide bonds. The van der Waals surface area contributed by atoms with E-state index in [4.69, 9.17) is 4.74 Å². The Labute approximate surface area is 194 Å². The van der Waals surface area contributed by atoms with Crippen molar-refractivity contribution in [1.29, 1.82) is 0 Å². The summed E-state index contributed by atoms with van der Waals surface area (Å²) in [6, 6.07) is 14.3. The number of alkyl carbamates (subject to hydrolysis) is 1. The number of pyridine rings is 1. The van der Waals surface area contributed by atoms with Crippen molar-refractivity contribution in [1.82, 2.24) is 5.32 Å². The predicted molar refractivity (Wildman–Crippen MR) is 132 cm³/mol. The van der Waals surface area contributed by atoms with Gasteiger partial charge in [-0.25, -0.2) is 9.36 Å². The summed E-state index contributed by atoms with van der Waals surface area (Å²) in [6.07, 6.45) is 13.5. The predicted octanol–water partition coefficient (Wildman–Crippen LogP) is 6.79. The van der Waals surface area contributed by atoms with E-state index in [1.807, 2.05) is 39.0 Å². The lowest BCUT2D eigenvalue weighted by molar-refractivity contribution is -0.697. The van der Waals surface area contributed by atoms with Gasteiger partial charge in [0.25, 0.3) is 0 Å². The molecule has 0 bridgehead atoms. The van der Waals surface area contributed by atoms with Crippen LogP contribution < -0.4 is 9.88 Å². The molecular weight excluding hydrogens is 396 g/mol. The Bertz CT molecular complexity index is 830. The fourth-order valence-corrected chi connectivity index (χ4v) is 3.74. The van der Waals surface area contributed by atoms with Crippen LogP contribution in [0.15, 0.2) is 61.4 Å². The molecule has 0 spiro atoms. The van der Waals surface area contributed by atoms with Gasteiger partial charge in [-0.05, 0) is 50.8 Å². The molecule has 0 saturated heterocycles. The number of rotatable bonds is 14. The Balaban J connectivity index is 1.50. The monoisotopic (exact) mass is 437 g/mol. The van der Waals surface area contributed by atoms with Crippen molar-refractivity contribution in [2.75, 3.05) is 6.61 Å². The molecule has 2 aromatic rings. The molecule has 0 fully saturated rings. The number of aromatic nitrogens is 1. The molecule has 4 heteroatoms. The van der Waals surface area contributed by atoms with Crippen molar-refractivity contribution in [3.8, 4) is 0 Å². The zero-order valence-corrected chi connectivity index (χ0v) is 20.2. The second-order valence-electron chi connectivity index (χ2n) is 9.19. The number of unbranched alkanes of at least 4 members (excludes halogenated alkanes) is 7. The van der Waals surface area contributed by atoms with E-state index in [9.17, 15) is 4.79 Å². The van der Waals surface area contributed by atoms with Gasteiger partial charge in [-0.15, -0.1) is 0 Å². The number of ether oxygens (including phenoxy) is 1. The number of hydrogen-bond donors (Lipinski definition) is 1. The third-order valence-electron chi connectivity index (χ3n) is 5.81. The molecule has 0 radical (unpaired) electrons. The molecule has 0 aliphatic heterocycles. The van der Waals surface area contributed by atoms with E-state index in [0.29, 0.717) is 6.61 Å². The number of aryl methyl sites for hydroxylation is 1. The van der Waals surface area contributed by atoms with Crippen LogP contribution in [-0.4, -0.2) is 12.7 Å². The molecule has 1 aromatic heterocycles. The summed E-state index contributed by atoms with van der Waals surface area (Å²) >= 11 is 0. The first-order valence-corrected chi connectivity index (χ1v) is 12.0. The van der Waals surface area contributed by atoms with Gasteiger partial charge in [0, 0.05) is 18.6 Å². The third kappa shape index (κ3) is 9.67. The van der Waals surface area contributed by atoms with Crippen LogP contribution >= 0.6 is 0 Å². The van der Waals surface area contributed by atoms with E-state index in [0.717, 1.165) is 36.1 Å². The normalized spacial score (nSPS) is 11.2. The highest BCUT2D eigenvalue weighted by Gasteiger charge is 2.23. The van der Waals surface area contributed by atoms with E-state index in [-0.39, 0.29) is 6.09 Å². The number of hydrogen-bond acceptors (Lipinski definition) is 2. The van der Waals surface area contributed by atoms with Crippen molar-refractivity contribution in [3.63, 3.8) is 0 Å². The van der Waals surface area contributed by atoms with Crippen molar-refractivity contribution in [3.05, 3.63) is 72.6 Å². The van der Waals surface area contributed by atoms with Gasteiger partial charge in [-0.3, -0.25) is 0 Å². The maximum atomic E-state index is 12.2. The highest BCUT2D eigenvalue weighted by molar-refractivity contribution is 5.69.